The van der Waals surface area contributed by atoms with Gasteiger partial charge in [-0.1, -0.05) is 32.0 Å². The molecule has 1 aromatic heterocycles. The molecule has 0 radical (unpaired) electrons. The molecule has 0 atom stereocenters. The van der Waals surface area contributed by atoms with E-state index < -0.39 is 0 Å². The molecule has 0 fully saturated rings. The van der Waals surface area contributed by atoms with Gasteiger partial charge in [-0.2, -0.15) is 0 Å². The zero-order valence-corrected chi connectivity index (χ0v) is 13.0. The predicted octanol–water partition coefficient (Wildman–Crippen LogP) is 1.80. The summed E-state index contributed by atoms with van der Waals surface area (Å²) in [5, 5.41) is 16.5. The first-order valence-corrected chi connectivity index (χ1v) is 7.50. The number of hydrogen-bond donors (Lipinski definition) is 2. The first-order valence-electron chi connectivity index (χ1n) is 7.50. The maximum atomic E-state index is 12.2. The Balaban J connectivity index is 2.04. The molecule has 22 heavy (non-hydrogen) atoms. The number of nitrogens with one attached hydrogen (secondary N) is 1. The third-order valence-corrected chi connectivity index (χ3v) is 4.18. The van der Waals surface area contributed by atoms with E-state index in [9.17, 15) is 9.90 Å². The van der Waals surface area contributed by atoms with Crippen LogP contribution in [0.1, 0.15) is 37.3 Å². The molecule has 0 unspecified atom stereocenters. The van der Waals surface area contributed by atoms with Crippen LogP contribution >= 0.6 is 0 Å². The lowest BCUT2D eigenvalue weighted by molar-refractivity contribution is 0.0842. The quantitative estimate of drug-likeness (QED) is 0.817. The van der Waals surface area contributed by atoms with Crippen LogP contribution in [0.2, 0.25) is 0 Å². The summed E-state index contributed by atoms with van der Waals surface area (Å²) in [7, 11) is 0. The minimum atomic E-state index is -0.325. The molecule has 118 valence electrons. The number of benzene rings is 1. The minimum Gasteiger partial charge on any atom is -0.396 e. The van der Waals surface area contributed by atoms with Crippen LogP contribution in [-0.2, 0) is 0 Å². The standard InChI is InChI=1S/C16H22N4O2/c1-3-16(4-2,11-21)10-17-15(22)14-18-12-20(19-14)13-8-6-5-7-9-13/h5-9,12,21H,3-4,10-11H2,1-2H3,(H,17,22). The number of hydrogen-bond acceptors (Lipinski definition) is 4. The van der Waals surface area contributed by atoms with Crippen molar-refractivity contribution in [3.63, 3.8) is 0 Å². The van der Waals surface area contributed by atoms with E-state index in [0.717, 1.165) is 18.5 Å². The van der Waals surface area contributed by atoms with Gasteiger partial charge in [0.15, 0.2) is 0 Å². The van der Waals surface area contributed by atoms with E-state index >= 15 is 0 Å². The molecule has 0 aliphatic heterocycles. The summed E-state index contributed by atoms with van der Waals surface area (Å²) >= 11 is 0. The number of carbonyl (C=O) groups is 1. The third-order valence-electron chi connectivity index (χ3n) is 4.18. The van der Waals surface area contributed by atoms with Crippen molar-refractivity contribution < 1.29 is 9.90 Å². The van der Waals surface area contributed by atoms with Crippen LogP contribution < -0.4 is 5.32 Å². The van der Waals surface area contributed by atoms with Gasteiger partial charge in [0.2, 0.25) is 5.82 Å². The summed E-state index contributed by atoms with van der Waals surface area (Å²) in [5.74, 6) is -0.197. The van der Waals surface area contributed by atoms with Gasteiger partial charge in [0.25, 0.3) is 5.91 Å². The Kier molecular flexibility index (Phi) is 5.27. The second kappa shape index (κ2) is 7.17. The summed E-state index contributed by atoms with van der Waals surface area (Å²) < 4.78 is 1.56. The molecule has 2 aromatic rings. The second-order valence-corrected chi connectivity index (χ2v) is 5.40. The normalized spacial score (nSPS) is 11.4. The van der Waals surface area contributed by atoms with Crippen LogP contribution in [-0.4, -0.2) is 38.9 Å². The summed E-state index contributed by atoms with van der Waals surface area (Å²) in [6, 6.07) is 9.49. The molecule has 0 spiro atoms. The van der Waals surface area contributed by atoms with Crippen molar-refractivity contribution in [3.05, 3.63) is 42.5 Å². The van der Waals surface area contributed by atoms with Gasteiger partial charge in [0.05, 0.1) is 12.3 Å². The first kappa shape index (κ1) is 16.2. The SMILES string of the molecule is CCC(CC)(CO)CNC(=O)c1ncn(-c2ccccc2)n1. The highest BCUT2D eigenvalue weighted by Gasteiger charge is 2.26. The van der Waals surface area contributed by atoms with Gasteiger partial charge in [0.1, 0.15) is 6.33 Å². The summed E-state index contributed by atoms with van der Waals surface area (Å²) in [5.41, 5.74) is 0.568. The Morgan fingerprint density at radius 1 is 1.27 bits per heavy atom. The lowest BCUT2D eigenvalue weighted by Gasteiger charge is -2.29. The van der Waals surface area contributed by atoms with Gasteiger partial charge in [-0.05, 0) is 25.0 Å². The molecule has 1 heterocycles. The number of amides is 1. The highest BCUT2D eigenvalue weighted by Crippen LogP contribution is 2.24. The molecule has 0 aliphatic rings. The van der Waals surface area contributed by atoms with E-state index in [2.05, 4.69) is 15.4 Å². The molecule has 0 aliphatic carbocycles. The summed E-state index contributed by atoms with van der Waals surface area (Å²) in [4.78, 5) is 16.2. The Morgan fingerprint density at radius 3 is 2.55 bits per heavy atom. The number of aromatic nitrogens is 3. The lowest BCUT2D eigenvalue weighted by atomic mass is 9.83. The van der Waals surface area contributed by atoms with Crippen LogP contribution in [0.3, 0.4) is 0 Å². The van der Waals surface area contributed by atoms with Crippen molar-refractivity contribution in [2.24, 2.45) is 5.41 Å². The number of para-hydroxylation sites is 1. The topological polar surface area (TPSA) is 80.0 Å². The Morgan fingerprint density at radius 2 is 1.95 bits per heavy atom. The highest BCUT2D eigenvalue weighted by molar-refractivity contribution is 5.90. The molecule has 2 N–H and O–H groups in total. The molecule has 6 heteroatoms. The van der Waals surface area contributed by atoms with Crippen LogP contribution in [0.15, 0.2) is 36.7 Å². The molecule has 6 nitrogen and oxygen atoms in total. The highest BCUT2D eigenvalue weighted by atomic mass is 16.3. The van der Waals surface area contributed by atoms with Crippen molar-refractivity contribution in [1.29, 1.82) is 0 Å². The van der Waals surface area contributed by atoms with Gasteiger partial charge < -0.3 is 10.4 Å². The molecule has 0 saturated heterocycles. The van der Waals surface area contributed by atoms with Gasteiger partial charge >= 0.3 is 0 Å². The number of carbonyl (C=O) groups excluding carboxylic acids is 1. The van der Waals surface area contributed by atoms with Crippen molar-refractivity contribution in [3.8, 4) is 5.69 Å². The number of aliphatic hydroxyl groups excluding tert-OH is 1. The maximum Gasteiger partial charge on any atom is 0.290 e. The fraction of sp³-hybridized carbons (Fsp3) is 0.438. The van der Waals surface area contributed by atoms with Crippen molar-refractivity contribution in [2.45, 2.75) is 26.7 Å². The van der Waals surface area contributed by atoms with E-state index in [-0.39, 0.29) is 23.8 Å². The van der Waals surface area contributed by atoms with Gasteiger partial charge in [-0.3, -0.25) is 4.79 Å². The molecule has 0 saturated carbocycles. The zero-order valence-electron chi connectivity index (χ0n) is 13.0. The van der Waals surface area contributed by atoms with Gasteiger partial charge in [0, 0.05) is 12.0 Å². The van der Waals surface area contributed by atoms with E-state index in [0.29, 0.717) is 6.54 Å². The molecule has 1 amide bonds. The van der Waals surface area contributed by atoms with E-state index in [4.69, 9.17) is 0 Å². The van der Waals surface area contributed by atoms with Crippen LogP contribution in [0.4, 0.5) is 0 Å². The van der Waals surface area contributed by atoms with Gasteiger partial charge in [-0.15, -0.1) is 5.10 Å². The molecule has 2 rings (SSSR count). The fourth-order valence-corrected chi connectivity index (χ4v) is 2.20. The molecular weight excluding hydrogens is 280 g/mol. The Labute approximate surface area is 130 Å². The van der Waals surface area contributed by atoms with Crippen LogP contribution in [0.5, 0.6) is 0 Å². The average Bonchev–Trinajstić information content (AvgIpc) is 3.07. The molecule has 0 bridgehead atoms. The van der Waals surface area contributed by atoms with Crippen molar-refractivity contribution >= 4 is 5.91 Å². The Bertz CT molecular complexity index is 597. The lowest BCUT2D eigenvalue weighted by Crippen LogP contribution is -2.39. The third kappa shape index (κ3) is 3.51. The largest absolute Gasteiger partial charge is 0.396 e. The number of aliphatic hydroxyl groups is 1. The maximum absolute atomic E-state index is 12.2. The summed E-state index contributed by atoms with van der Waals surface area (Å²) in [6.45, 7) is 4.48. The van der Waals surface area contributed by atoms with Crippen LogP contribution in [0.25, 0.3) is 5.69 Å². The van der Waals surface area contributed by atoms with Crippen LogP contribution in [0, 0.1) is 5.41 Å². The Hall–Kier alpha value is -2.21. The zero-order chi connectivity index (χ0) is 16.0. The number of nitrogens with zero attached hydrogens (tertiary/aromatic N) is 3. The fourth-order valence-electron chi connectivity index (χ4n) is 2.20. The van der Waals surface area contributed by atoms with Crippen molar-refractivity contribution in [1.82, 2.24) is 20.1 Å². The number of rotatable bonds is 7. The van der Waals surface area contributed by atoms with Gasteiger partial charge in [-0.25, -0.2) is 9.67 Å². The first-order chi connectivity index (χ1) is 10.6. The molecule has 1 aromatic carbocycles. The smallest absolute Gasteiger partial charge is 0.290 e. The van der Waals surface area contributed by atoms with E-state index in [1.807, 2.05) is 44.2 Å². The van der Waals surface area contributed by atoms with E-state index in [1.165, 1.54) is 6.33 Å². The summed E-state index contributed by atoms with van der Waals surface area (Å²) in [6.07, 6.45) is 3.11. The molecular formula is C16H22N4O2. The van der Waals surface area contributed by atoms with Crippen molar-refractivity contribution in [2.75, 3.05) is 13.2 Å². The van der Waals surface area contributed by atoms with E-state index in [1.54, 1.807) is 4.68 Å². The minimum absolute atomic E-state index is 0.0478. The predicted molar refractivity (Wildman–Crippen MR) is 83.8 cm³/mol. The second-order valence-electron chi connectivity index (χ2n) is 5.40. The monoisotopic (exact) mass is 302 g/mol. The average molecular weight is 302 g/mol.